The van der Waals surface area contributed by atoms with Crippen molar-refractivity contribution in [1.29, 1.82) is 0 Å². The molecule has 4 heteroatoms. The lowest BCUT2D eigenvalue weighted by molar-refractivity contribution is 0.207. The molecule has 0 fully saturated rings. The van der Waals surface area contributed by atoms with Gasteiger partial charge in [0.2, 0.25) is 0 Å². The summed E-state index contributed by atoms with van der Waals surface area (Å²) >= 11 is 3.31. The number of nitrogens with one attached hydrogen (secondary N) is 1. The third-order valence-corrected chi connectivity index (χ3v) is 3.26. The monoisotopic (exact) mass is 289 g/mol. The summed E-state index contributed by atoms with van der Waals surface area (Å²) < 4.78 is 14.3. The van der Waals surface area contributed by atoms with Crippen LogP contribution in [-0.4, -0.2) is 17.8 Å². The maximum absolute atomic E-state index is 13.4. The highest BCUT2D eigenvalue weighted by atomic mass is 79.9. The van der Waals surface area contributed by atoms with Gasteiger partial charge in [-0.05, 0) is 31.0 Å². The molecule has 0 aromatic heterocycles. The Morgan fingerprint density at radius 1 is 1.44 bits per heavy atom. The highest BCUT2D eigenvalue weighted by Gasteiger charge is 2.11. The third-order valence-electron chi connectivity index (χ3n) is 2.76. The first-order valence-corrected chi connectivity index (χ1v) is 6.12. The van der Waals surface area contributed by atoms with Crippen LogP contribution in [0.15, 0.2) is 22.7 Å². The summed E-state index contributed by atoms with van der Waals surface area (Å²) in [5.74, 6) is -0.0465. The number of aliphatic hydroxyl groups is 1. The molecule has 2 atom stereocenters. The second-order valence-electron chi connectivity index (χ2n) is 4.07. The third kappa shape index (κ3) is 3.85. The highest BCUT2D eigenvalue weighted by Crippen LogP contribution is 2.15. The maximum Gasteiger partial charge on any atom is 0.127 e. The number of halogens is 2. The van der Waals surface area contributed by atoms with Gasteiger partial charge in [-0.3, -0.25) is 0 Å². The topological polar surface area (TPSA) is 32.3 Å². The maximum atomic E-state index is 13.4. The minimum absolute atomic E-state index is 0.134. The van der Waals surface area contributed by atoms with Crippen molar-refractivity contribution in [2.45, 2.75) is 26.4 Å². The molecule has 0 saturated carbocycles. The zero-order chi connectivity index (χ0) is 12.1. The van der Waals surface area contributed by atoms with E-state index in [2.05, 4.69) is 21.2 Å². The fraction of sp³-hybridized carbons (Fsp3) is 0.500. The fourth-order valence-electron chi connectivity index (χ4n) is 1.31. The first-order valence-electron chi connectivity index (χ1n) is 5.32. The molecule has 2 nitrogen and oxygen atoms in total. The molecule has 0 saturated heterocycles. The van der Waals surface area contributed by atoms with Crippen molar-refractivity contribution >= 4 is 15.9 Å². The first kappa shape index (κ1) is 13.6. The van der Waals surface area contributed by atoms with Crippen LogP contribution >= 0.6 is 15.9 Å². The lowest BCUT2D eigenvalue weighted by atomic mass is 10.0. The normalized spacial score (nSPS) is 14.8. The van der Waals surface area contributed by atoms with Crippen molar-refractivity contribution in [3.63, 3.8) is 0 Å². The van der Waals surface area contributed by atoms with Gasteiger partial charge in [-0.2, -0.15) is 0 Å². The Bertz CT molecular complexity index is 346. The second-order valence-corrected chi connectivity index (χ2v) is 4.98. The van der Waals surface area contributed by atoms with Gasteiger partial charge >= 0.3 is 0 Å². The van der Waals surface area contributed by atoms with Crippen LogP contribution < -0.4 is 5.32 Å². The van der Waals surface area contributed by atoms with E-state index in [1.165, 1.54) is 6.07 Å². The lowest BCUT2D eigenvalue weighted by Gasteiger charge is -2.19. The van der Waals surface area contributed by atoms with E-state index in [0.717, 1.165) is 4.47 Å². The van der Waals surface area contributed by atoms with Gasteiger partial charge in [0.25, 0.3) is 0 Å². The van der Waals surface area contributed by atoms with Crippen LogP contribution in [0, 0.1) is 11.7 Å². The lowest BCUT2D eigenvalue weighted by Crippen LogP contribution is -2.33. The molecule has 0 amide bonds. The van der Waals surface area contributed by atoms with Crippen molar-refractivity contribution in [1.82, 2.24) is 5.32 Å². The minimum atomic E-state index is -0.209. The van der Waals surface area contributed by atoms with E-state index in [0.29, 0.717) is 12.1 Å². The summed E-state index contributed by atoms with van der Waals surface area (Å²) in [6.45, 7) is 4.54. The van der Waals surface area contributed by atoms with E-state index in [4.69, 9.17) is 5.11 Å². The molecule has 1 rings (SSSR count). The number of benzene rings is 1. The van der Waals surface area contributed by atoms with Crippen molar-refractivity contribution < 1.29 is 9.50 Å². The molecule has 0 aliphatic carbocycles. The SMILES string of the molecule is CC(CO)C(C)NCc1cc(Br)ccc1F. The molecule has 1 aromatic rings. The van der Waals surface area contributed by atoms with Gasteiger partial charge in [0.05, 0.1) is 0 Å². The molecule has 0 aliphatic heterocycles. The zero-order valence-electron chi connectivity index (χ0n) is 9.50. The Hall–Kier alpha value is -0.450. The summed E-state index contributed by atoms with van der Waals surface area (Å²) in [4.78, 5) is 0. The van der Waals surface area contributed by atoms with Crippen molar-refractivity contribution in [3.05, 3.63) is 34.1 Å². The Morgan fingerprint density at radius 2 is 2.12 bits per heavy atom. The summed E-state index contributed by atoms with van der Waals surface area (Å²) in [6, 6.07) is 5.04. The largest absolute Gasteiger partial charge is 0.396 e. The van der Waals surface area contributed by atoms with Gasteiger partial charge < -0.3 is 10.4 Å². The van der Waals surface area contributed by atoms with Crippen LogP contribution in [0.2, 0.25) is 0 Å². The average molecular weight is 290 g/mol. The molecule has 0 heterocycles. The fourth-order valence-corrected chi connectivity index (χ4v) is 1.72. The molecule has 0 bridgehead atoms. The molecule has 1 aromatic carbocycles. The Kier molecular flexibility index (Phi) is 5.38. The van der Waals surface area contributed by atoms with Crippen LogP contribution in [0.1, 0.15) is 19.4 Å². The van der Waals surface area contributed by atoms with Gasteiger partial charge in [0.1, 0.15) is 5.82 Å². The first-order chi connectivity index (χ1) is 7.54. The standard InChI is InChI=1S/C12H17BrFNO/c1-8(7-16)9(2)15-6-10-5-11(13)3-4-12(10)14/h3-5,8-9,15-16H,6-7H2,1-2H3. The quantitative estimate of drug-likeness (QED) is 0.874. The van der Waals surface area contributed by atoms with Gasteiger partial charge in [-0.25, -0.2) is 4.39 Å². The highest BCUT2D eigenvalue weighted by molar-refractivity contribution is 9.10. The van der Waals surface area contributed by atoms with Crippen molar-refractivity contribution in [3.8, 4) is 0 Å². The zero-order valence-corrected chi connectivity index (χ0v) is 11.1. The Labute approximate surface area is 104 Å². The minimum Gasteiger partial charge on any atom is -0.396 e. The number of hydrogen-bond acceptors (Lipinski definition) is 2. The predicted molar refractivity (Wildman–Crippen MR) is 66.7 cm³/mol. The predicted octanol–water partition coefficient (Wildman–Crippen LogP) is 2.69. The molecule has 0 radical (unpaired) electrons. The second kappa shape index (κ2) is 6.33. The molecule has 2 unspecified atom stereocenters. The molecule has 16 heavy (non-hydrogen) atoms. The Balaban J connectivity index is 2.57. The molecule has 2 N–H and O–H groups in total. The van der Waals surface area contributed by atoms with Crippen LogP contribution in [-0.2, 0) is 6.54 Å². The summed E-state index contributed by atoms with van der Waals surface area (Å²) in [6.07, 6.45) is 0. The van der Waals surface area contributed by atoms with E-state index in [1.807, 2.05) is 13.8 Å². The average Bonchev–Trinajstić information content (AvgIpc) is 2.28. The van der Waals surface area contributed by atoms with Gasteiger partial charge in [-0.1, -0.05) is 22.9 Å². The summed E-state index contributed by atoms with van der Waals surface area (Å²) in [5, 5.41) is 12.2. The molecule has 90 valence electrons. The van der Waals surface area contributed by atoms with Crippen LogP contribution in [0.25, 0.3) is 0 Å². The number of aliphatic hydroxyl groups excluding tert-OH is 1. The summed E-state index contributed by atoms with van der Waals surface area (Å²) in [5.41, 5.74) is 0.631. The van der Waals surface area contributed by atoms with Crippen molar-refractivity contribution in [2.24, 2.45) is 5.92 Å². The Morgan fingerprint density at radius 3 is 2.75 bits per heavy atom. The van der Waals surface area contributed by atoms with E-state index >= 15 is 0 Å². The van der Waals surface area contributed by atoms with Crippen LogP contribution in [0.3, 0.4) is 0 Å². The van der Waals surface area contributed by atoms with Gasteiger partial charge in [0, 0.05) is 29.2 Å². The molecular weight excluding hydrogens is 273 g/mol. The molecular formula is C12H17BrFNO. The van der Waals surface area contributed by atoms with Gasteiger partial charge in [-0.15, -0.1) is 0 Å². The van der Waals surface area contributed by atoms with Crippen LogP contribution in [0.4, 0.5) is 4.39 Å². The van der Waals surface area contributed by atoms with E-state index in [-0.39, 0.29) is 24.4 Å². The number of rotatable bonds is 5. The molecule has 0 spiro atoms. The number of hydrogen-bond donors (Lipinski definition) is 2. The van der Waals surface area contributed by atoms with Crippen LogP contribution in [0.5, 0.6) is 0 Å². The van der Waals surface area contributed by atoms with Crippen molar-refractivity contribution in [2.75, 3.05) is 6.61 Å². The smallest absolute Gasteiger partial charge is 0.127 e. The molecule has 0 aliphatic rings. The van der Waals surface area contributed by atoms with E-state index in [9.17, 15) is 4.39 Å². The van der Waals surface area contributed by atoms with Gasteiger partial charge in [0.15, 0.2) is 0 Å². The van der Waals surface area contributed by atoms with E-state index < -0.39 is 0 Å². The summed E-state index contributed by atoms with van der Waals surface area (Å²) in [7, 11) is 0. The van der Waals surface area contributed by atoms with E-state index in [1.54, 1.807) is 12.1 Å².